The van der Waals surface area contributed by atoms with Crippen molar-refractivity contribution < 1.29 is 8.78 Å². The fraction of sp³-hybridized carbons (Fsp3) is 0.0952. The molecular weight excluding hydrogens is 475 g/mol. The second kappa shape index (κ2) is 8.61. The Hall–Kier alpha value is -3.81. The van der Waals surface area contributed by atoms with Crippen LogP contribution in [-0.2, 0) is 0 Å². The Kier molecular flexibility index (Phi) is 5.84. The van der Waals surface area contributed by atoms with E-state index in [4.69, 9.17) is 28.9 Å². The van der Waals surface area contributed by atoms with Crippen molar-refractivity contribution in [3.05, 3.63) is 80.0 Å². The second-order valence-electron chi connectivity index (χ2n) is 6.95. The van der Waals surface area contributed by atoms with Gasteiger partial charge in [-0.15, -0.1) is 0 Å². The Morgan fingerprint density at radius 3 is 2.52 bits per heavy atom. The molecule has 4 aromatic rings. The lowest BCUT2D eigenvalue weighted by molar-refractivity contribution is 0.579. The van der Waals surface area contributed by atoms with Gasteiger partial charge in [-0.1, -0.05) is 29.3 Å². The first-order valence-electron chi connectivity index (χ1n) is 9.37. The molecule has 33 heavy (non-hydrogen) atoms. The van der Waals surface area contributed by atoms with Crippen LogP contribution in [0.3, 0.4) is 0 Å². The molecule has 2 aromatic heterocycles. The first kappa shape index (κ1) is 22.4. The highest BCUT2D eigenvalue weighted by atomic mass is 35.5. The van der Waals surface area contributed by atoms with Crippen LogP contribution in [-0.4, -0.2) is 19.5 Å². The van der Waals surface area contributed by atoms with Crippen LogP contribution in [0, 0.1) is 23.0 Å². The molecule has 0 fully saturated rings. The minimum atomic E-state index is -0.884. The number of nitrogens with one attached hydrogen (secondary N) is 1. The van der Waals surface area contributed by atoms with Crippen molar-refractivity contribution >= 4 is 45.9 Å². The maximum Gasteiger partial charge on any atom is 0.267 e. The average molecular weight is 488 g/mol. The molecule has 166 valence electrons. The van der Waals surface area contributed by atoms with Gasteiger partial charge in [-0.3, -0.25) is 9.36 Å². The summed E-state index contributed by atoms with van der Waals surface area (Å²) >= 11 is 12.2. The zero-order valence-corrected chi connectivity index (χ0v) is 18.3. The predicted molar refractivity (Wildman–Crippen MR) is 120 cm³/mol. The van der Waals surface area contributed by atoms with Crippen LogP contribution in [0.15, 0.2) is 41.2 Å². The minimum absolute atomic E-state index is 0.0000807. The molecule has 3 N–H and O–H groups in total. The summed E-state index contributed by atoms with van der Waals surface area (Å²) in [6.07, 6.45) is 0. The number of nitrogens with two attached hydrogens (primary N) is 1. The van der Waals surface area contributed by atoms with E-state index in [2.05, 4.69) is 20.3 Å². The van der Waals surface area contributed by atoms with Crippen molar-refractivity contribution in [2.75, 3.05) is 11.1 Å². The molecule has 0 spiro atoms. The number of hydrogen-bond donors (Lipinski definition) is 2. The van der Waals surface area contributed by atoms with Crippen LogP contribution in [0.2, 0.25) is 10.2 Å². The lowest BCUT2D eigenvalue weighted by Crippen LogP contribution is -2.28. The van der Waals surface area contributed by atoms with Crippen molar-refractivity contribution in [2.45, 2.75) is 13.0 Å². The molecule has 12 heteroatoms. The quantitative estimate of drug-likeness (QED) is 0.409. The molecule has 0 radical (unpaired) electrons. The third-order valence-corrected chi connectivity index (χ3v) is 5.30. The Morgan fingerprint density at radius 2 is 1.85 bits per heavy atom. The van der Waals surface area contributed by atoms with Crippen molar-refractivity contribution in [3.8, 4) is 11.8 Å². The standard InChI is InChI=1S/C21H13Cl2F2N7O/c1-9(28-18-13(8-26)17(23)30-21(27)31-18)19-29-15-4-2-3-14(22)16(15)20(33)32(19)12-6-10(24)5-11(25)7-12/h2-7,9H,1H3,(H3,27,28,30,31)/t9-/m0/s1. The Balaban J connectivity index is 1.97. The molecule has 0 aliphatic heterocycles. The number of fused-ring (bicyclic) bond motifs is 1. The van der Waals surface area contributed by atoms with Crippen LogP contribution in [0.1, 0.15) is 24.4 Å². The van der Waals surface area contributed by atoms with E-state index in [0.717, 1.165) is 16.7 Å². The van der Waals surface area contributed by atoms with Crippen LogP contribution in [0.25, 0.3) is 16.6 Å². The first-order chi connectivity index (χ1) is 15.7. The van der Waals surface area contributed by atoms with E-state index in [9.17, 15) is 18.8 Å². The lowest BCUT2D eigenvalue weighted by atomic mass is 10.2. The van der Waals surface area contributed by atoms with Gasteiger partial charge in [0.1, 0.15) is 29.1 Å². The summed E-state index contributed by atoms with van der Waals surface area (Å²) in [4.78, 5) is 25.7. The van der Waals surface area contributed by atoms with E-state index in [1.54, 1.807) is 19.1 Å². The number of aromatic nitrogens is 4. The van der Waals surface area contributed by atoms with Crippen molar-refractivity contribution in [1.29, 1.82) is 5.26 Å². The van der Waals surface area contributed by atoms with Crippen molar-refractivity contribution in [1.82, 2.24) is 19.5 Å². The number of benzene rings is 2. The van der Waals surface area contributed by atoms with Gasteiger partial charge in [-0.2, -0.15) is 15.2 Å². The normalized spacial score (nSPS) is 11.9. The van der Waals surface area contributed by atoms with Gasteiger partial charge in [-0.05, 0) is 31.2 Å². The highest BCUT2D eigenvalue weighted by Gasteiger charge is 2.22. The molecule has 0 saturated heterocycles. The predicted octanol–water partition coefficient (Wildman–Crippen LogP) is 4.39. The van der Waals surface area contributed by atoms with Gasteiger partial charge in [0.05, 0.1) is 27.7 Å². The fourth-order valence-electron chi connectivity index (χ4n) is 3.34. The number of rotatable bonds is 4. The van der Waals surface area contributed by atoms with E-state index >= 15 is 0 Å². The highest BCUT2D eigenvalue weighted by Crippen LogP contribution is 2.27. The summed E-state index contributed by atoms with van der Waals surface area (Å²) in [6, 6.07) is 8.43. The molecule has 0 aliphatic rings. The summed E-state index contributed by atoms with van der Waals surface area (Å²) in [6.45, 7) is 1.61. The number of halogens is 4. The SMILES string of the molecule is C[C@H](Nc1nc(N)nc(Cl)c1C#N)c1nc2cccc(Cl)c2c(=O)n1-c1cc(F)cc(F)c1. The zero-order valence-electron chi connectivity index (χ0n) is 16.8. The topological polar surface area (TPSA) is 123 Å². The summed E-state index contributed by atoms with van der Waals surface area (Å²) in [5, 5.41) is 12.4. The molecule has 2 aromatic carbocycles. The summed E-state index contributed by atoms with van der Waals surface area (Å²) in [5.41, 5.74) is 5.09. The largest absolute Gasteiger partial charge is 0.368 e. The second-order valence-corrected chi connectivity index (χ2v) is 7.71. The molecule has 0 saturated carbocycles. The van der Waals surface area contributed by atoms with Gasteiger partial charge >= 0.3 is 0 Å². The van der Waals surface area contributed by atoms with E-state index in [1.165, 1.54) is 6.07 Å². The van der Waals surface area contributed by atoms with Gasteiger partial charge < -0.3 is 11.1 Å². The maximum atomic E-state index is 14.0. The summed E-state index contributed by atoms with van der Waals surface area (Å²) < 4.78 is 29.1. The lowest BCUT2D eigenvalue weighted by Gasteiger charge is -2.21. The van der Waals surface area contributed by atoms with E-state index in [0.29, 0.717) is 6.07 Å². The van der Waals surface area contributed by atoms with Crippen molar-refractivity contribution in [2.24, 2.45) is 0 Å². The highest BCUT2D eigenvalue weighted by molar-refractivity contribution is 6.35. The van der Waals surface area contributed by atoms with Crippen LogP contribution in [0.4, 0.5) is 20.5 Å². The van der Waals surface area contributed by atoms with E-state index in [-0.39, 0.29) is 49.9 Å². The molecule has 8 nitrogen and oxygen atoms in total. The van der Waals surface area contributed by atoms with Gasteiger partial charge in [0.15, 0.2) is 11.0 Å². The molecule has 0 amide bonds. The number of nitriles is 1. The number of nitrogen functional groups attached to an aromatic ring is 1. The van der Waals surface area contributed by atoms with Crippen LogP contribution < -0.4 is 16.6 Å². The van der Waals surface area contributed by atoms with Crippen LogP contribution in [0.5, 0.6) is 0 Å². The Morgan fingerprint density at radius 1 is 1.15 bits per heavy atom. The molecule has 0 bridgehead atoms. The first-order valence-corrected chi connectivity index (χ1v) is 10.1. The number of nitrogens with zero attached hydrogens (tertiary/aromatic N) is 5. The maximum absolute atomic E-state index is 14.0. The minimum Gasteiger partial charge on any atom is -0.368 e. The Bertz CT molecular complexity index is 1500. The molecule has 4 rings (SSSR count). The smallest absolute Gasteiger partial charge is 0.267 e. The Labute approximate surface area is 195 Å². The summed E-state index contributed by atoms with van der Waals surface area (Å²) in [7, 11) is 0. The molecule has 1 atom stereocenters. The van der Waals surface area contributed by atoms with Gasteiger partial charge in [0.25, 0.3) is 5.56 Å². The number of anilines is 2. The van der Waals surface area contributed by atoms with Gasteiger partial charge in [-0.25, -0.2) is 13.8 Å². The van der Waals surface area contributed by atoms with E-state index in [1.807, 2.05) is 6.07 Å². The van der Waals surface area contributed by atoms with Gasteiger partial charge in [0, 0.05) is 6.07 Å². The molecule has 0 unspecified atom stereocenters. The molecule has 0 aliphatic carbocycles. The molecule has 2 heterocycles. The summed E-state index contributed by atoms with van der Waals surface area (Å²) in [5.74, 6) is -1.89. The van der Waals surface area contributed by atoms with Crippen molar-refractivity contribution in [3.63, 3.8) is 0 Å². The third-order valence-electron chi connectivity index (χ3n) is 4.71. The van der Waals surface area contributed by atoms with Gasteiger partial charge in [0.2, 0.25) is 5.95 Å². The van der Waals surface area contributed by atoms with Crippen LogP contribution >= 0.6 is 23.2 Å². The monoisotopic (exact) mass is 487 g/mol. The fourth-order valence-corrected chi connectivity index (χ4v) is 3.81. The zero-order chi connectivity index (χ0) is 23.9. The average Bonchev–Trinajstić information content (AvgIpc) is 2.72. The van der Waals surface area contributed by atoms with E-state index < -0.39 is 23.2 Å². The molecular formula is C21H13Cl2F2N7O. The third kappa shape index (κ3) is 4.16. The number of hydrogen-bond acceptors (Lipinski definition) is 7.